The highest BCUT2D eigenvalue weighted by Crippen LogP contribution is 2.22. The number of halogens is 1. The van der Waals surface area contributed by atoms with Crippen molar-refractivity contribution >= 4 is 15.9 Å². The van der Waals surface area contributed by atoms with E-state index in [0.717, 1.165) is 39.2 Å². The Kier molecular flexibility index (Phi) is 6.23. The number of benzene rings is 1. The molecular formula is C16H23BrN2O. The number of rotatable bonds is 6. The lowest BCUT2D eigenvalue weighted by atomic mass is 10.1. The second kappa shape index (κ2) is 7.93. The van der Waals surface area contributed by atoms with Gasteiger partial charge in [-0.05, 0) is 36.2 Å². The number of methoxy groups -OCH3 is 1. The fraction of sp³-hybridized carbons (Fsp3) is 0.500. The molecule has 0 amide bonds. The van der Waals surface area contributed by atoms with E-state index in [1.807, 2.05) is 7.05 Å². The van der Waals surface area contributed by atoms with Gasteiger partial charge >= 0.3 is 0 Å². The van der Waals surface area contributed by atoms with Gasteiger partial charge in [-0.2, -0.15) is 0 Å². The van der Waals surface area contributed by atoms with E-state index < -0.39 is 0 Å². The molecule has 1 aromatic carbocycles. The molecular weight excluding hydrogens is 316 g/mol. The van der Waals surface area contributed by atoms with Gasteiger partial charge in [-0.15, -0.1) is 0 Å². The summed E-state index contributed by atoms with van der Waals surface area (Å²) in [5, 5.41) is 3.18. The maximum absolute atomic E-state index is 5.19. The molecule has 0 unspecified atom stereocenters. The largest absolute Gasteiger partial charge is 0.380 e. The highest BCUT2D eigenvalue weighted by Gasteiger charge is 2.13. The van der Waals surface area contributed by atoms with Crippen molar-refractivity contribution in [2.45, 2.75) is 19.5 Å². The first-order valence-corrected chi connectivity index (χ1v) is 7.83. The van der Waals surface area contributed by atoms with E-state index in [1.165, 1.54) is 21.2 Å². The van der Waals surface area contributed by atoms with E-state index in [2.05, 4.69) is 50.4 Å². The van der Waals surface area contributed by atoms with Crippen molar-refractivity contribution in [2.75, 3.05) is 33.9 Å². The molecule has 0 aromatic heterocycles. The smallest absolute Gasteiger partial charge is 0.0673 e. The van der Waals surface area contributed by atoms with E-state index in [1.54, 1.807) is 7.11 Å². The molecule has 1 aliphatic heterocycles. The second-order valence-corrected chi connectivity index (χ2v) is 6.09. The molecule has 1 aromatic rings. The van der Waals surface area contributed by atoms with E-state index in [-0.39, 0.29) is 0 Å². The molecule has 0 saturated heterocycles. The molecule has 1 aliphatic rings. The van der Waals surface area contributed by atoms with E-state index in [4.69, 9.17) is 4.74 Å². The molecule has 110 valence electrons. The van der Waals surface area contributed by atoms with Crippen molar-refractivity contribution < 1.29 is 4.74 Å². The number of hydrogen-bond acceptors (Lipinski definition) is 3. The predicted molar refractivity (Wildman–Crippen MR) is 86.8 cm³/mol. The summed E-state index contributed by atoms with van der Waals surface area (Å²) in [7, 11) is 3.73. The van der Waals surface area contributed by atoms with Crippen LogP contribution in [0.1, 0.15) is 17.5 Å². The van der Waals surface area contributed by atoms with Gasteiger partial charge in [0.2, 0.25) is 0 Å². The minimum atomic E-state index is 0.774. The molecule has 2 rings (SSSR count). The molecule has 4 heteroatoms. The molecule has 0 fully saturated rings. The third-order valence-corrected chi connectivity index (χ3v) is 4.35. The van der Waals surface area contributed by atoms with Crippen LogP contribution in [0.3, 0.4) is 0 Å². The summed E-state index contributed by atoms with van der Waals surface area (Å²) in [5.74, 6) is 0. The normalized spacial score (nSPS) is 16.2. The quantitative estimate of drug-likeness (QED) is 0.807. The maximum atomic E-state index is 5.19. The summed E-state index contributed by atoms with van der Waals surface area (Å²) in [4.78, 5) is 2.47. The van der Waals surface area contributed by atoms with Crippen LogP contribution in [0.5, 0.6) is 0 Å². The lowest BCUT2D eigenvalue weighted by Gasteiger charge is -2.26. The number of hydrogen-bond donors (Lipinski definition) is 1. The molecule has 20 heavy (non-hydrogen) atoms. The van der Waals surface area contributed by atoms with Gasteiger partial charge in [0, 0.05) is 37.8 Å². The average molecular weight is 339 g/mol. The Balaban J connectivity index is 1.94. The van der Waals surface area contributed by atoms with Gasteiger partial charge in [0.25, 0.3) is 0 Å². The number of nitrogens with zero attached hydrogens (tertiary/aromatic N) is 1. The fourth-order valence-electron chi connectivity index (χ4n) is 2.49. The van der Waals surface area contributed by atoms with Crippen LogP contribution in [0.4, 0.5) is 0 Å². The van der Waals surface area contributed by atoms with Gasteiger partial charge in [-0.25, -0.2) is 0 Å². The van der Waals surface area contributed by atoms with Gasteiger partial charge in [0.1, 0.15) is 0 Å². The van der Waals surface area contributed by atoms with Crippen molar-refractivity contribution in [1.82, 2.24) is 10.2 Å². The molecule has 0 saturated carbocycles. The number of nitrogens with one attached hydrogen (secondary N) is 1. The Labute approximate surface area is 130 Å². The summed E-state index contributed by atoms with van der Waals surface area (Å²) in [5.41, 5.74) is 4.09. The first kappa shape index (κ1) is 15.7. The van der Waals surface area contributed by atoms with Gasteiger partial charge in [0.05, 0.1) is 6.61 Å². The summed E-state index contributed by atoms with van der Waals surface area (Å²) < 4.78 is 6.40. The van der Waals surface area contributed by atoms with Gasteiger partial charge in [-0.3, -0.25) is 4.90 Å². The van der Waals surface area contributed by atoms with Crippen LogP contribution < -0.4 is 5.32 Å². The van der Waals surface area contributed by atoms with E-state index in [0.29, 0.717) is 0 Å². The Bertz CT molecular complexity index is 474. The first-order valence-electron chi connectivity index (χ1n) is 7.04. The zero-order chi connectivity index (χ0) is 14.4. The monoisotopic (exact) mass is 338 g/mol. The molecule has 0 radical (unpaired) electrons. The summed E-state index contributed by atoms with van der Waals surface area (Å²) in [6, 6.07) is 6.64. The molecule has 3 nitrogen and oxygen atoms in total. The third-order valence-electron chi connectivity index (χ3n) is 3.61. The third kappa shape index (κ3) is 4.42. The fourth-order valence-corrected chi connectivity index (χ4v) is 3.04. The van der Waals surface area contributed by atoms with Gasteiger partial charge < -0.3 is 10.1 Å². The van der Waals surface area contributed by atoms with Crippen molar-refractivity contribution in [3.8, 4) is 0 Å². The molecule has 1 heterocycles. The number of ether oxygens (including phenoxy) is 1. The Hall–Kier alpha value is -0.680. The summed E-state index contributed by atoms with van der Waals surface area (Å²) in [6.07, 6.45) is 3.42. The van der Waals surface area contributed by atoms with Crippen molar-refractivity contribution in [3.63, 3.8) is 0 Å². The zero-order valence-electron chi connectivity index (χ0n) is 12.3. The molecule has 0 spiro atoms. The van der Waals surface area contributed by atoms with Crippen LogP contribution in [-0.2, 0) is 17.8 Å². The van der Waals surface area contributed by atoms with E-state index >= 15 is 0 Å². The Morgan fingerprint density at radius 2 is 2.25 bits per heavy atom. The maximum Gasteiger partial charge on any atom is 0.0673 e. The molecule has 0 aliphatic carbocycles. The average Bonchev–Trinajstić information content (AvgIpc) is 2.44. The van der Waals surface area contributed by atoms with Gasteiger partial charge in [-0.1, -0.05) is 34.1 Å². The van der Waals surface area contributed by atoms with Crippen LogP contribution in [0.2, 0.25) is 0 Å². The van der Waals surface area contributed by atoms with Crippen LogP contribution in [0, 0.1) is 0 Å². The molecule has 1 N–H and O–H groups in total. The highest BCUT2D eigenvalue weighted by atomic mass is 79.9. The zero-order valence-corrected chi connectivity index (χ0v) is 13.9. The summed E-state index contributed by atoms with van der Waals surface area (Å²) >= 11 is 3.69. The van der Waals surface area contributed by atoms with Gasteiger partial charge in [0.15, 0.2) is 0 Å². The van der Waals surface area contributed by atoms with Crippen molar-refractivity contribution in [1.29, 1.82) is 0 Å². The summed E-state index contributed by atoms with van der Waals surface area (Å²) in [6.45, 7) is 4.81. The SMILES string of the molecule is CNCc1ccc(CN2CC=C(COC)CC2)c(Br)c1. The van der Waals surface area contributed by atoms with Crippen molar-refractivity contribution in [2.24, 2.45) is 0 Å². The first-order chi connectivity index (χ1) is 9.72. The molecule has 0 bridgehead atoms. The van der Waals surface area contributed by atoms with Crippen LogP contribution in [0.25, 0.3) is 0 Å². The van der Waals surface area contributed by atoms with E-state index in [9.17, 15) is 0 Å². The molecule has 0 atom stereocenters. The van der Waals surface area contributed by atoms with Crippen LogP contribution in [0.15, 0.2) is 34.3 Å². The predicted octanol–water partition coefficient (Wildman–Crippen LogP) is 2.95. The van der Waals surface area contributed by atoms with Crippen molar-refractivity contribution in [3.05, 3.63) is 45.4 Å². The highest BCUT2D eigenvalue weighted by molar-refractivity contribution is 9.10. The van der Waals surface area contributed by atoms with Crippen LogP contribution in [-0.4, -0.2) is 38.8 Å². The van der Waals surface area contributed by atoms with Crippen LogP contribution >= 0.6 is 15.9 Å². The Morgan fingerprint density at radius 1 is 1.40 bits per heavy atom. The lowest BCUT2D eigenvalue weighted by Crippen LogP contribution is -2.29. The second-order valence-electron chi connectivity index (χ2n) is 5.24. The lowest BCUT2D eigenvalue weighted by molar-refractivity contribution is 0.210. The topological polar surface area (TPSA) is 24.5 Å². The minimum Gasteiger partial charge on any atom is -0.380 e. The minimum absolute atomic E-state index is 0.774. The Morgan fingerprint density at radius 3 is 2.85 bits per heavy atom. The standard InChI is InChI=1S/C16H23BrN2O/c1-18-10-14-3-4-15(16(17)9-14)11-19-7-5-13(6-8-19)12-20-2/h3-5,9,18H,6-8,10-12H2,1-2H3.